The molecule has 36 heavy (non-hydrogen) atoms. The van der Waals surface area contributed by atoms with Gasteiger partial charge in [-0.1, -0.05) is 77.4 Å². The summed E-state index contributed by atoms with van der Waals surface area (Å²) in [4.78, 5) is 25.6. The van der Waals surface area contributed by atoms with Gasteiger partial charge in [0.2, 0.25) is 0 Å². The van der Waals surface area contributed by atoms with Gasteiger partial charge >= 0.3 is 12.1 Å². The molecule has 0 spiro atoms. The molecule has 0 saturated heterocycles. The molecule has 0 saturated carbocycles. The smallest absolute Gasteiger partial charge is 0.419 e. The Kier molecular flexibility index (Phi) is 7.41. The minimum atomic E-state index is -0.862. The summed E-state index contributed by atoms with van der Waals surface area (Å²) >= 11 is 6.43. The number of nitrogens with zero attached hydrogens (tertiary/aromatic N) is 2. The maximum atomic E-state index is 13.0. The van der Waals surface area contributed by atoms with Crippen molar-refractivity contribution < 1.29 is 24.0 Å². The van der Waals surface area contributed by atoms with Gasteiger partial charge < -0.3 is 14.4 Å². The van der Waals surface area contributed by atoms with Crippen LogP contribution in [0.1, 0.15) is 31.1 Å². The van der Waals surface area contributed by atoms with E-state index in [0.29, 0.717) is 27.9 Å². The highest BCUT2D eigenvalue weighted by atomic mass is 35.5. The Labute approximate surface area is 213 Å². The molecule has 1 unspecified atom stereocenters. The van der Waals surface area contributed by atoms with Crippen LogP contribution < -0.4 is 4.90 Å². The van der Waals surface area contributed by atoms with Gasteiger partial charge in [0.25, 0.3) is 0 Å². The average Bonchev–Trinajstić information content (AvgIpc) is 3.26. The number of benzene rings is 3. The van der Waals surface area contributed by atoms with Gasteiger partial charge in [-0.25, -0.2) is 9.69 Å². The SMILES string of the molecule is CCOC(=O)N(c1ccccc1Cl)c1c(-c2ccc(-c3ccc(C(C)C(=O)O)cc3)cc2)noc1C. The van der Waals surface area contributed by atoms with E-state index < -0.39 is 18.0 Å². The lowest BCUT2D eigenvalue weighted by Crippen LogP contribution is -2.27. The third-order valence-corrected chi connectivity index (χ3v) is 6.19. The number of aromatic nitrogens is 1. The number of hydrogen-bond acceptors (Lipinski definition) is 5. The first kappa shape index (κ1) is 25.0. The average molecular weight is 505 g/mol. The Hall–Kier alpha value is -4.10. The molecule has 7 nitrogen and oxygen atoms in total. The van der Waals surface area contributed by atoms with Crippen molar-refractivity contribution >= 4 is 35.0 Å². The number of carbonyl (C=O) groups is 2. The van der Waals surface area contributed by atoms with Crippen LogP contribution in [0.3, 0.4) is 0 Å². The summed E-state index contributed by atoms with van der Waals surface area (Å²) in [7, 11) is 0. The third-order valence-electron chi connectivity index (χ3n) is 5.87. The maximum absolute atomic E-state index is 13.0. The molecule has 0 aliphatic rings. The van der Waals surface area contributed by atoms with E-state index in [9.17, 15) is 14.7 Å². The van der Waals surface area contributed by atoms with Crippen molar-refractivity contribution in [2.24, 2.45) is 0 Å². The minimum Gasteiger partial charge on any atom is -0.481 e. The standard InChI is InChI=1S/C28H25ClN2O5/c1-4-35-28(34)31(24-8-6-5-7-23(24)29)26-18(3)36-30-25(26)22-15-13-21(14-16-22)20-11-9-19(10-12-20)17(2)27(32)33/h5-17H,4H2,1-3H3,(H,32,33). The molecule has 0 bridgehead atoms. The van der Waals surface area contributed by atoms with Crippen LogP contribution >= 0.6 is 11.6 Å². The number of ether oxygens (including phenoxy) is 1. The van der Waals surface area contributed by atoms with E-state index in [1.807, 2.05) is 48.5 Å². The van der Waals surface area contributed by atoms with Gasteiger partial charge in [-0.3, -0.25) is 4.79 Å². The quantitative estimate of drug-likeness (QED) is 0.281. The Morgan fingerprint density at radius 2 is 1.58 bits per heavy atom. The second kappa shape index (κ2) is 10.7. The van der Waals surface area contributed by atoms with Crippen LogP contribution in [0.25, 0.3) is 22.4 Å². The molecule has 0 aliphatic carbocycles. The summed E-state index contributed by atoms with van der Waals surface area (Å²) in [5.74, 6) is -1.000. The van der Waals surface area contributed by atoms with E-state index in [0.717, 1.165) is 22.3 Å². The van der Waals surface area contributed by atoms with Gasteiger partial charge in [0.05, 0.1) is 23.2 Å². The molecule has 1 atom stereocenters. The number of aryl methyl sites for hydroxylation is 1. The molecule has 0 aliphatic heterocycles. The van der Waals surface area contributed by atoms with Crippen molar-refractivity contribution in [2.75, 3.05) is 11.5 Å². The summed E-state index contributed by atoms with van der Waals surface area (Å²) in [6, 6.07) is 22.1. The van der Waals surface area contributed by atoms with E-state index in [4.69, 9.17) is 20.9 Å². The molecule has 4 rings (SSSR count). The minimum absolute atomic E-state index is 0.193. The topological polar surface area (TPSA) is 92.9 Å². The molecule has 3 aromatic carbocycles. The normalized spacial score (nSPS) is 11.7. The van der Waals surface area contributed by atoms with E-state index in [1.54, 1.807) is 45.0 Å². The first-order valence-corrected chi connectivity index (χ1v) is 11.8. The fourth-order valence-corrected chi connectivity index (χ4v) is 4.10. The van der Waals surface area contributed by atoms with Crippen LogP contribution in [-0.4, -0.2) is 28.9 Å². The molecule has 0 radical (unpaired) electrons. The zero-order chi connectivity index (χ0) is 25.8. The van der Waals surface area contributed by atoms with E-state index >= 15 is 0 Å². The third kappa shape index (κ3) is 4.97. The highest BCUT2D eigenvalue weighted by molar-refractivity contribution is 6.34. The van der Waals surface area contributed by atoms with Crippen molar-refractivity contribution in [1.29, 1.82) is 0 Å². The van der Waals surface area contributed by atoms with Crippen molar-refractivity contribution in [3.8, 4) is 22.4 Å². The number of anilines is 2. The number of aliphatic carboxylic acids is 1. The fraction of sp³-hybridized carbons (Fsp3) is 0.179. The van der Waals surface area contributed by atoms with Gasteiger partial charge in [0.1, 0.15) is 11.4 Å². The van der Waals surface area contributed by atoms with Gasteiger partial charge in [0.15, 0.2) is 5.76 Å². The monoisotopic (exact) mass is 504 g/mol. The lowest BCUT2D eigenvalue weighted by atomic mass is 9.97. The molecule has 184 valence electrons. The molecule has 1 heterocycles. The van der Waals surface area contributed by atoms with E-state index in [1.165, 1.54) is 4.90 Å². The molecule has 0 fully saturated rings. The zero-order valence-electron chi connectivity index (χ0n) is 20.1. The Balaban J connectivity index is 1.71. The molecular formula is C28H25ClN2O5. The maximum Gasteiger partial charge on any atom is 0.419 e. The first-order chi connectivity index (χ1) is 17.3. The number of para-hydroxylation sites is 1. The number of amides is 1. The number of rotatable bonds is 7. The van der Waals surface area contributed by atoms with Crippen molar-refractivity contribution in [3.63, 3.8) is 0 Å². The molecule has 8 heteroatoms. The summed E-state index contributed by atoms with van der Waals surface area (Å²) in [6.45, 7) is 5.31. The largest absolute Gasteiger partial charge is 0.481 e. The highest BCUT2D eigenvalue weighted by Crippen LogP contribution is 2.41. The number of carbonyl (C=O) groups excluding carboxylic acids is 1. The van der Waals surface area contributed by atoms with Gasteiger partial charge in [-0.05, 0) is 49.6 Å². The Morgan fingerprint density at radius 1 is 1.00 bits per heavy atom. The van der Waals surface area contributed by atoms with Crippen LogP contribution in [0.15, 0.2) is 77.3 Å². The summed E-state index contributed by atoms with van der Waals surface area (Å²) in [5, 5.41) is 13.8. The highest BCUT2D eigenvalue weighted by Gasteiger charge is 2.29. The van der Waals surface area contributed by atoms with Gasteiger partial charge in [-0.15, -0.1) is 0 Å². The second-order valence-electron chi connectivity index (χ2n) is 8.18. The predicted octanol–water partition coefficient (Wildman–Crippen LogP) is 7.45. The zero-order valence-corrected chi connectivity index (χ0v) is 20.8. The second-order valence-corrected chi connectivity index (χ2v) is 8.59. The summed E-state index contributed by atoms with van der Waals surface area (Å²) in [5.41, 5.74) is 4.75. The fourth-order valence-electron chi connectivity index (χ4n) is 3.88. The number of carboxylic acid groups (broad SMARTS) is 1. The lowest BCUT2D eigenvalue weighted by Gasteiger charge is -2.23. The predicted molar refractivity (Wildman–Crippen MR) is 139 cm³/mol. The molecule has 1 N–H and O–H groups in total. The summed E-state index contributed by atoms with van der Waals surface area (Å²) in [6.07, 6.45) is -0.592. The number of halogens is 1. The number of carboxylic acids is 1. The summed E-state index contributed by atoms with van der Waals surface area (Å²) < 4.78 is 10.8. The molecular weight excluding hydrogens is 480 g/mol. The van der Waals surface area contributed by atoms with Gasteiger partial charge in [-0.2, -0.15) is 0 Å². The lowest BCUT2D eigenvalue weighted by molar-refractivity contribution is -0.138. The van der Waals surface area contributed by atoms with Crippen LogP contribution in [0.5, 0.6) is 0 Å². The van der Waals surface area contributed by atoms with Crippen LogP contribution in [0, 0.1) is 6.92 Å². The number of hydrogen-bond donors (Lipinski definition) is 1. The van der Waals surface area contributed by atoms with Crippen LogP contribution in [0.4, 0.5) is 16.2 Å². The first-order valence-electron chi connectivity index (χ1n) is 11.4. The molecule has 4 aromatic rings. The van der Waals surface area contributed by atoms with Crippen molar-refractivity contribution in [2.45, 2.75) is 26.7 Å². The van der Waals surface area contributed by atoms with Crippen molar-refractivity contribution in [1.82, 2.24) is 5.16 Å². The van der Waals surface area contributed by atoms with Crippen LogP contribution in [0.2, 0.25) is 5.02 Å². The van der Waals surface area contributed by atoms with Crippen molar-refractivity contribution in [3.05, 3.63) is 89.1 Å². The van der Waals surface area contributed by atoms with Gasteiger partial charge in [0, 0.05) is 5.56 Å². The van der Waals surface area contributed by atoms with Crippen LogP contribution in [-0.2, 0) is 9.53 Å². The Morgan fingerprint density at radius 3 is 2.17 bits per heavy atom. The molecule has 1 aromatic heterocycles. The Bertz CT molecular complexity index is 1380. The van der Waals surface area contributed by atoms with E-state index in [-0.39, 0.29) is 6.61 Å². The van der Waals surface area contributed by atoms with E-state index in [2.05, 4.69) is 5.16 Å². The molecule has 1 amide bonds.